The van der Waals surface area contributed by atoms with E-state index in [4.69, 9.17) is 23.2 Å². The number of hydrogen-bond acceptors (Lipinski definition) is 3. The lowest BCUT2D eigenvalue weighted by molar-refractivity contribution is 0.279. The van der Waals surface area contributed by atoms with Crippen molar-refractivity contribution in [3.8, 4) is 0 Å². The molecule has 0 aromatic carbocycles. The van der Waals surface area contributed by atoms with E-state index < -0.39 is 0 Å². The van der Waals surface area contributed by atoms with Crippen molar-refractivity contribution in [2.45, 2.75) is 49.0 Å². The van der Waals surface area contributed by atoms with Crippen LogP contribution in [0.5, 0.6) is 0 Å². The molecular formula is C12H24Cl2O2S. The molecule has 2 unspecified atom stereocenters. The van der Waals surface area contributed by atoms with Crippen LogP contribution in [0.4, 0.5) is 0 Å². The van der Waals surface area contributed by atoms with Gasteiger partial charge in [0.25, 0.3) is 0 Å². The zero-order chi connectivity index (χ0) is 12.9. The van der Waals surface area contributed by atoms with Crippen molar-refractivity contribution in [3.63, 3.8) is 0 Å². The third-order valence-corrected chi connectivity index (χ3v) is 4.69. The molecule has 17 heavy (non-hydrogen) atoms. The van der Waals surface area contributed by atoms with Gasteiger partial charge in [-0.2, -0.15) is 11.8 Å². The fourth-order valence-electron chi connectivity index (χ4n) is 1.61. The fraction of sp³-hybridized carbons (Fsp3) is 1.00. The second kappa shape index (κ2) is 13.3. The second-order valence-electron chi connectivity index (χ2n) is 4.11. The molecular weight excluding hydrogens is 279 g/mol. The first-order valence-electron chi connectivity index (χ1n) is 6.27. The predicted octanol–water partition coefficient (Wildman–Crippen LogP) is 3.26. The maximum absolute atomic E-state index is 9.28. The largest absolute Gasteiger partial charge is 0.395 e. The molecule has 0 heterocycles. The van der Waals surface area contributed by atoms with E-state index in [-0.39, 0.29) is 23.7 Å². The maximum atomic E-state index is 9.28. The van der Waals surface area contributed by atoms with Crippen LogP contribution in [0.1, 0.15) is 38.5 Å². The Bertz CT molecular complexity index is 145. The molecule has 0 saturated carbocycles. The highest BCUT2D eigenvalue weighted by atomic mass is 35.5. The fourth-order valence-corrected chi connectivity index (χ4v) is 3.31. The van der Waals surface area contributed by atoms with E-state index in [2.05, 4.69) is 0 Å². The van der Waals surface area contributed by atoms with Crippen LogP contribution in [0.2, 0.25) is 0 Å². The van der Waals surface area contributed by atoms with Crippen LogP contribution in [0.25, 0.3) is 0 Å². The van der Waals surface area contributed by atoms with Gasteiger partial charge in [0.05, 0.1) is 13.2 Å². The number of hydrogen-bond donors (Lipinski definition) is 2. The zero-order valence-corrected chi connectivity index (χ0v) is 12.6. The van der Waals surface area contributed by atoms with Gasteiger partial charge in [-0.15, -0.1) is 23.2 Å². The average Bonchev–Trinajstić information content (AvgIpc) is 2.36. The first kappa shape index (κ1) is 17.8. The molecule has 0 aliphatic rings. The molecule has 0 aliphatic heterocycles. The molecule has 0 spiro atoms. The van der Waals surface area contributed by atoms with Crippen LogP contribution in [-0.4, -0.2) is 45.7 Å². The predicted molar refractivity (Wildman–Crippen MR) is 78.5 cm³/mol. The lowest BCUT2D eigenvalue weighted by atomic mass is 10.2. The summed E-state index contributed by atoms with van der Waals surface area (Å²) < 4.78 is 0. The molecule has 2 nitrogen and oxygen atoms in total. The summed E-state index contributed by atoms with van der Waals surface area (Å²) in [6.45, 7) is 0.359. The molecule has 0 radical (unpaired) electrons. The Morgan fingerprint density at radius 3 is 1.47 bits per heavy atom. The standard InChI is InChI=1S/C12H24Cl2O2S/c13-7-3-1-5-11(9-15)17-12(10-16)6-2-4-8-14/h11-12,15-16H,1-10H2. The van der Waals surface area contributed by atoms with Crippen LogP contribution in [0.3, 0.4) is 0 Å². The Labute approximate surface area is 119 Å². The minimum Gasteiger partial charge on any atom is -0.395 e. The Balaban J connectivity index is 3.77. The highest BCUT2D eigenvalue weighted by Gasteiger charge is 2.15. The van der Waals surface area contributed by atoms with Crippen molar-refractivity contribution in [1.82, 2.24) is 0 Å². The van der Waals surface area contributed by atoms with Crippen LogP contribution in [0.15, 0.2) is 0 Å². The van der Waals surface area contributed by atoms with Gasteiger partial charge in [0.2, 0.25) is 0 Å². The van der Waals surface area contributed by atoms with E-state index in [0.29, 0.717) is 11.8 Å². The Morgan fingerprint density at radius 1 is 0.765 bits per heavy atom. The second-order valence-corrected chi connectivity index (χ2v) is 6.48. The van der Waals surface area contributed by atoms with E-state index in [1.807, 2.05) is 0 Å². The van der Waals surface area contributed by atoms with E-state index in [1.165, 1.54) is 0 Å². The zero-order valence-electron chi connectivity index (χ0n) is 10.3. The molecule has 0 amide bonds. The molecule has 0 aromatic rings. The highest BCUT2D eigenvalue weighted by molar-refractivity contribution is 8.00. The molecule has 0 saturated heterocycles. The molecule has 0 aliphatic carbocycles. The van der Waals surface area contributed by atoms with Gasteiger partial charge in [0, 0.05) is 22.3 Å². The van der Waals surface area contributed by atoms with Gasteiger partial charge in [-0.3, -0.25) is 0 Å². The van der Waals surface area contributed by atoms with Crippen molar-refractivity contribution in [2.24, 2.45) is 0 Å². The van der Waals surface area contributed by atoms with E-state index in [9.17, 15) is 10.2 Å². The number of thioether (sulfide) groups is 1. The lowest BCUT2D eigenvalue weighted by Gasteiger charge is -2.20. The summed E-state index contributed by atoms with van der Waals surface area (Å²) in [6, 6.07) is 0. The van der Waals surface area contributed by atoms with Gasteiger partial charge in [0.1, 0.15) is 0 Å². The van der Waals surface area contributed by atoms with Crippen LogP contribution >= 0.6 is 35.0 Å². The summed E-state index contributed by atoms with van der Waals surface area (Å²) in [5, 5.41) is 19.0. The van der Waals surface area contributed by atoms with Gasteiger partial charge in [-0.1, -0.05) is 12.8 Å². The topological polar surface area (TPSA) is 40.5 Å². The molecule has 104 valence electrons. The lowest BCUT2D eigenvalue weighted by Crippen LogP contribution is -2.18. The first-order valence-corrected chi connectivity index (χ1v) is 8.28. The van der Waals surface area contributed by atoms with Gasteiger partial charge < -0.3 is 10.2 Å². The molecule has 0 fully saturated rings. The third-order valence-electron chi connectivity index (χ3n) is 2.61. The number of rotatable bonds is 12. The van der Waals surface area contributed by atoms with Crippen molar-refractivity contribution in [2.75, 3.05) is 25.0 Å². The summed E-state index contributed by atoms with van der Waals surface area (Å²) in [7, 11) is 0. The number of halogens is 2. The normalized spacial score (nSPS) is 14.8. The van der Waals surface area contributed by atoms with Crippen molar-refractivity contribution < 1.29 is 10.2 Å². The highest BCUT2D eigenvalue weighted by Crippen LogP contribution is 2.25. The first-order chi connectivity index (χ1) is 8.28. The van der Waals surface area contributed by atoms with Crippen molar-refractivity contribution in [1.29, 1.82) is 0 Å². The Morgan fingerprint density at radius 2 is 1.18 bits per heavy atom. The molecule has 0 aromatic heterocycles. The Kier molecular flexibility index (Phi) is 13.9. The van der Waals surface area contributed by atoms with Gasteiger partial charge in [0.15, 0.2) is 0 Å². The van der Waals surface area contributed by atoms with Gasteiger partial charge in [-0.25, -0.2) is 0 Å². The Hall–Kier alpha value is 0.850. The molecule has 5 heteroatoms. The minimum absolute atomic E-state index is 0.180. The number of aliphatic hydroxyl groups excluding tert-OH is 2. The van der Waals surface area contributed by atoms with Crippen LogP contribution < -0.4 is 0 Å². The van der Waals surface area contributed by atoms with E-state index >= 15 is 0 Å². The van der Waals surface area contributed by atoms with E-state index in [1.54, 1.807) is 11.8 Å². The number of aliphatic hydroxyl groups is 2. The smallest absolute Gasteiger partial charge is 0.0550 e. The van der Waals surface area contributed by atoms with Gasteiger partial charge >= 0.3 is 0 Å². The molecule has 2 N–H and O–H groups in total. The minimum atomic E-state index is 0.180. The summed E-state index contributed by atoms with van der Waals surface area (Å²) in [6.07, 6.45) is 6.02. The van der Waals surface area contributed by atoms with Crippen LogP contribution in [0, 0.1) is 0 Å². The summed E-state index contributed by atoms with van der Waals surface area (Å²) in [5.74, 6) is 1.37. The number of alkyl halides is 2. The van der Waals surface area contributed by atoms with Crippen LogP contribution in [-0.2, 0) is 0 Å². The summed E-state index contributed by atoms with van der Waals surface area (Å²) in [5.41, 5.74) is 0. The number of unbranched alkanes of at least 4 members (excludes halogenated alkanes) is 2. The van der Waals surface area contributed by atoms with E-state index in [0.717, 1.165) is 38.5 Å². The quantitative estimate of drug-likeness (QED) is 0.429. The monoisotopic (exact) mass is 302 g/mol. The molecule has 0 bridgehead atoms. The van der Waals surface area contributed by atoms with Gasteiger partial charge in [-0.05, 0) is 25.7 Å². The maximum Gasteiger partial charge on any atom is 0.0550 e. The van der Waals surface area contributed by atoms with Crippen molar-refractivity contribution >= 4 is 35.0 Å². The molecule has 2 atom stereocenters. The third kappa shape index (κ3) is 10.5. The molecule has 0 rings (SSSR count). The van der Waals surface area contributed by atoms with Crippen molar-refractivity contribution in [3.05, 3.63) is 0 Å². The summed E-state index contributed by atoms with van der Waals surface area (Å²) in [4.78, 5) is 0. The SMILES string of the molecule is OCC(CCCCCl)SC(CO)CCCCCl. The average molecular weight is 303 g/mol. The summed E-state index contributed by atoms with van der Waals surface area (Å²) >= 11 is 13.0.